The van der Waals surface area contributed by atoms with E-state index >= 15 is 0 Å². The van der Waals surface area contributed by atoms with Crippen LogP contribution in [0, 0.1) is 23.7 Å². The first-order valence-corrected chi connectivity index (χ1v) is 7.11. The lowest BCUT2D eigenvalue weighted by Crippen LogP contribution is -2.25. The first kappa shape index (κ1) is 13.6. The number of ether oxygens (including phenoxy) is 1. The molecule has 0 heterocycles. The van der Waals surface area contributed by atoms with Crippen molar-refractivity contribution in [2.75, 3.05) is 13.7 Å². The van der Waals surface area contributed by atoms with Crippen molar-refractivity contribution >= 4 is 5.97 Å². The molecule has 0 amide bonds. The van der Waals surface area contributed by atoms with E-state index in [2.05, 4.69) is 4.74 Å². The number of fused-ring (bicyclic) bond motifs is 2. The summed E-state index contributed by atoms with van der Waals surface area (Å²) in [6, 6.07) is 0. The zero-order valence-electron chi connectivity index (χ0n) is 11.2. The van der Waals surface area contributed by atoms with Gasteiger partial charge in [0.05, 0.1) is 7.11 Å². The molecule has 0 radical (unpaired) electrons. The van der Waals surface area contributed by atoms with E-state index < -0.39 is 0 Å². The van der Waals surface area contributed by atoms with Crippen LogP contribution in [0.25, 0.3) is 0 Å². The van der Waals surface area contributed by atoms with Gasteiger partial charge in [-0.05, 0) is 62.2 Å². The van der Waals surface area contributed by atoms with E-state index in [-0.39, 0.29) is 5.97 Å². The molecule has 4 unspecified atom stereocenters. The molecule has 2 bridgehead atoms. The van der Waals surface area contributed by atoms with E-state index in [0.717, 1.165) is 30.6 Å². The molecule has 18 heavy (non-hydrogen) atoms. The van der Waals surface area contributed by atoms with Crippen LogP contribution in [-0.4, -0.2) is 24.8 Å². The highest BCUT2D eigenvalue weighted by atomic mass is 16.5. The Morgan fingerprint density at radius 2 is 2.06 bits per heavy atom. The standard InChI is InChI=1S/C15H24O3/c1-18-15(17)6-4-2-3-5-13-11-7-8-12(9-11)14(13)10-16/h4,6,11-14,16H,2-3,5,7-10H2,1H3. The number of allylic oxidation sites excluding steroid dienone is 1. The summed E-state index contributed by atoms with van der Waals surface area (Å²) in [5, 5.41) is 9.49. The number of carbonyl (C=O) groups excluding carboxylic acids is 1. The van der Waals surface area contributed by atoms with Crippen molar-refractivity contribution in [2.45, 2.75) is 38.5 Å². The molecule has 1 N–H and O–H groups in total. The van der Waals surface area contributed by atoms with Gasteiger partial charge in [-0.2, -0.15) is 0 Å². The van der Waals surface area contributed by atoms with Crippen LogP contribution in [0.2, 0.25) is 0 Å². The van der Waals surface area contributed by atoms with Gasteiger partial charge in [0.2, 0.25) is 0 Å². The molecule has 0 saturated heterocycles. The highest BCUT2D eigenvalue weighted by molar-refractivity contribution is 5.81. The van der Waals surface area contributed by atoms with Crippen LogP contribution in [0.1, 0.15) is 38.5 Å². The van der Waals surface area contributed by atoms with Gasteiger partial charge in [0.15, 0.2) is 0 Å². The summed E-state index contributed by atoms with van der Waals surface area (Å²) in [5.41, 5.74) is 0. The molecule has 102 valence electrons. The van der Waals surface area contributed by atoms with Crippen molar-refractivity contribution in [3.63, 3.8) is 0 Å². The van der Waals surface area contributed by atoms with Gasteiger partial charge in [0.1, 0.15) is 0 Å². The SMILES string of the molecule is COC(=O)C=CCCCC1C2CCC(C2)C1CO. The van der Waals surface area contributed by atoms with Crippen molar-refractivity contribution in [2.24, 2.45) is 23.7 Å². The van der Waals surface area contributed by atoms with Crippen molar-refractivity contribution in [1.29, 1.82) is 0 Å². The molecule has 0 aromatic carbocycles. The maximum Gasteiger partial charge on any atom is 0.330 e. The molecular weight excluding hydrogens is 228 g/mol. The molecule has 0 aromatic rings. The van der Waals surface area contributed by atoms with Crippen molar-refractivity contribution in [3.05, 3.63) is 12.2 Å². The third kappa shape index (κ3) is 2.94. The van der Waals surface area contributed by atoms with Crippen LogP contribution in [0.4, 0.5) is 0 Å². The Morgan fingerprint density at radius 1 is 1.33 bits per heavy atom. The van der Waals surface area contributed by atoms with Gasteiger partial charge in [0, 0.05) is 12.7 Å². The zero-order chi connectivity index (χ0) is 13.0. The molecule has 2 aliphatic carbocycles. The maximum absolute atomic E-state index is 10.9. The molecule has 0 aliphatic heterocycles. The van der Waals surface area contributed by atoms with E-state index in [0.29, 0.717) is 12.5 Å². The number of hydrogen-bond acceptors (Lipinski definition) is 3. The zero-order valence-corrected chi connectivity index (χ0v) is 11.2. The summed E-state index contributed by atoms with van der Waals surface area (Å²) >= 11 is 0. The van der Waals surface area contributed by atoms with Gasteiger partial charge >= 0.3 is 5.97 Å². The summed E-state index contributed by atoms with van der Waals surface area (Å²) < 4.78 is 4.55. The minimum atomic E-state index is -0.275. The molecular formula is C15H24O3. The Bertz CT molecular complexity index is 311. The molecule has 2 fully saturated rings. The Kier molecular flexibility index (Phi) is 4.81. The lowest BCUT2D eigenvalue weighted by Gasteiger charge is -2.29. The highest BCUT2D eigenvalue weighted by Crippen LogP contribution is 2.53. The number of hydrogen-bond donors (Lipinski definition) is 1. The van der Waals surface area contributed by atoms with E-state index in [1.54, 1.807) is 0 Å². The summed E-state index contributed by atoms with van der Waals surface area (Å²) in [6.07, 6.45) is 10.7. The first-order chi connectivity index (χ1) is 8.76. The minimum Gasteiger partial charge on any atom is -0.466 e. The Morgan fingerprint density at radius 3 is 2.72 bits per heavy atom. The fraction of sp³-hybridized carbons (Fsp3) is 0.800. The van der Waals surface area contributed by atoms with Gasteiger partial charge in [-0.25, -0.2) is 4.79 Å². The average Bonchev–Trinajstić information content (AvgIpc) is 2.98. The predicted octanol–water partition coefficient (Wildman–Crippen LogP) is 2.54. The number of aliphatic hydroxyl groups excluding tert-OH is 1. The number of carbonyl (C=O) groups is 1. The molecule has 0 aromatic heterocycles. The normalized spacial score (nSPS) is 34.3. The summed E-state index contributed by atoms with van der Waals surface area (Å²) in [6.45, 7) is 0.365. The molecule has 3 heteroatoms. The summed E-state index contributed by atoms with van der Waals surface area (Å²) in [7, 11) is 1.40. The van der Waals surface area contributed by atoms with Gasteiger partial charge in [-0.15, -0.1) is 0 Å². The second-order valence-electron chi connectivity index (χ2n) is 5.70. The molecule has 2 aliphatic rings. The second kappa shape index (κ2) is 6.37. The van der Waals surface area contributed by atoms with E-state index in [4.69, 9.17) is 0 Å². The van der Waals surface area contributed by atoms with Gasteiger partial charge in [-0.1, -0.05) is 6.08 Å². The van der Waals surface area contributed by atoms with Crippen molar-refractivity contribution in [1.82, 2.24) is 0 Å². The monoisotopic (exact) mass is 252 g/mol. The average molecular weight is 252 g/mol. The van der Waals surface area contributed by atoms with Crippen LogP contribution < -0.4 is 0 Å². The quantitative estimate of drug-likeness (QED) is 0.449. The van der Waals surface area contributed by atoms with Crippen LogP contribution in [0.5, 0.6) is 0 Å². The van der Waals surface area contributed by atoms with Crippen molar-refractivity contribution in [3.8, 4) is 0 Å². The lowest BCUT2D eigenvalue weighted by molar-refractivity contribution is -0.134. The topological polar surface area (TPSA) is 46.5 Å². The van der Waals surface area contributed by atoms with Gasteiger partial charge < -0.3 is 9.84 Å². The fourth-order valence-corrected chi connectivity index (χ4v) is 3.98. The van der Waals surface area contributed by atoms with E-state index in [1.165, 1.54) is 38.9 Å². The molecule has 2 rings (SSSR count). The van der Waals surface area contributed by atoms with E-state index in [9.17, 15) is 9.90 Å². The van der Waals surface area contributed by atoms with Crippen LogP contribution in [0.15, 0.2) is 12.2 Å². The van der Waals surface area contributed by atoms with Gasteiger partial charge in [0.25, 0.3) is 0 Å². The summed E-state index contributed by atoms with van der Waals surface area (Å²) in [4.78, 5) is 10.9. The third-order valence-corrected chi connectivity index (χ3v) is 4.85. The number of methoxy groups -OCH3 is 1. The van der Waals surface area contributed by atoms with Crippen LogP contribution in [-0.2, 0) is 9.53 Å². The Balaban J connectivity index is 1.70. The first-order valence-electron chi connectivity index (χ1n) is 7.11. The fourth-order valence-electron chi connectivity index (χ4n) is 3.98. The van der Waals surface area contributed by atoms with E-state index in [1.807, 2.05) is 6.08 Å². The maximum atomic E-state index is 10.9. The van der Waals surface area contributed by atoms with Crippen molar-refractivity contribution < 1.29 is 14.6 Å². The molecule has 2 saturated carbocycles. The van der Waals surface area contributed by atoms with Crippen LogP contribution in [0.3, 0.4) is 0 Å². The van der Waals surface area contributed by atoms with Crippen LogP contribution >= 0.6 is 0 Å². The Hall–Kier alpha value is -0.830. The largest absolute Gasteiger partial charge is 0.466 e. The molecule has 0 spiro atoms. The molecule has 4 atom stereocenters. The number of rotatable bonds is 6. The molecule has 3 nitrogen and oxygen atoms in total. The summed E-state index contributed by atoms with van der Waals surface area (Å²) in [5.74, 6) is 2.64. The number of unbranched alkanes of at least 4 members (excludes halogenated alkanes) is 1. The van der Waals surface area contributed by atoms with Gasteiger partial charge in [-0.3, -0.25) is 0 Å². The minimum absolute atomic E-state index is 0.275. The number of esters is 1. The number of aliphatic hydroxyl groups is 1. The lowest BCUT2D eigenvalue weighted by atomic mass is 9.77. The predicted molar refractivity (Wildman–Crippen MR) is 69.9 cm³/mol. The smallest absolute Gasteiger partial charge is 0.330 e. The highest BCUT2D eigenvalue weighted by Gasteiger charge is 2.46. The third-order valence-electron chi connectivity index (χ3n) is 4.85. The Labute approximate surface area is 109 Å². The second-order valence-corrected chi connectivity index (χ2v) is 5.70.